The number of amides is 1. The van der Waals surface area contributed by atoms with Gasteiger partial charge >= 0.3 is 0 Å². The van der Waals surface area contributed by atoms with Crippen LogP contribution in [0.4, 0.5) is 0 Å². The van der Waals surface area contributed by atoms with Crippen LogP contribution in [0.1, 0.15) is 33.1 Å². The van der Waals surface area contributed by atoms with E-state index in [0.717, 1.165) is 25.6 Å². The van der Waals surface area contributed by atoms with Crippen LogP contribution >= 0.6 is 24.8 Å². The Labute approximate surface area is 122 Å². The number of hydrogen-bond donors (Lipinski definition) is 2. The first-order chi connectivity index (χ1) is 7.58. The monoisotopic (exact) mass is 297 g/mol. The molecule has 2 fully saturated rings. The fraction of sp³-hybridized carbons (Fsp3) is 0.917. The van der Waals surface area contributed by atoms with Crippen molar-refractivity contribution < 1.29 is 4.79 Å². The number of nitrogens with zero attached hydrogens (tertiary/aromatic N) is 1. The maximum absolute atomic E-state index is 11.8. The van der Waals surface area contributed by atoms with E-state index in [1.165, 1.54) is 12.8 Å². The Morgan fingerprint density at radius 3 is 2.39 bits per heavy atom. The molecule has 2 unspecified atom stereocenters. The second-order valence-corrected chi connectivity index (χ2v) is 5.49. The molecular weight excluding hydrogens is 273 g/mol. The largest absolute Gasteiger partial charge is 0.351 e. The van der Waals surface area contributed by atoms with E-state index in [1.54, 1.807) is 0 Å². The fourth-order valence-electron chi connectivity index (χ4n) is 2.28. The Morgan fingerprint density at radius 2 is 1.89 bits per heavy atom. The van der Waals surface area contributed by atoms with Gasteiger partial charge in [-0.1, -0.05) is 13.8 Å². The summed E-state index contributed by atoms with van der Waals surface area (Å²) in [6.07, 6.45) is 3.76. The minimum Gasteiger partial charge on any atom is -0.351 e. The van der Waals surface area contributed by atoms with Crippen molar-refractivity contribution in [3.05, 3.63) is 0 Å². The Balaban J connectivity index is 0.00000144. The van der Waals surface area contributed by atoms with E-state index >= 15 is 0 Å². The predicted molar refractivity (Wildman–Crippen MR) is 78.5 cm³/mol. The van der Waals surface area contributed by atoms with Crippen LogP contribution in [0.2, 0.25) is 0 Å². The third-order valence-electron chi connectivity index (χ3n) is 3.65. The van der Waals surface area contributed by atoms with Gasteiger partial charge in [0.05, 0.1) is 6.04 Å². The highest BCUT2D eigenvalue weighted by atomic mass is 35.5. The van der Waals surface area contributed by atoms with E-state index in [9.17, 15) is 4.79 Å². The van der Waals surface area contributed by atoms with Crippen molar-refractivity contribution >= 4 is 30.7 Å². The zero-order chi connectivity index (χ0) is 11.7. The summed E-state index contributed by atoms with van der Waals surface area (Å²) in [5.41, 5.74) is 5.82. The summed E-state index contributed by atoms with van der Waals surface area (Å²) < 4.78 is 0. The first-order valence-corrected chi connectivity index (χ1v) is 6.38. The van der Waals surface area contributed by atoms with Crippen molar-refractivity contribution in [1.29, 1.82) is 0 Å². The van der Waals surface area contributed by atoms with Crippen LogP contribution in [0.3, 0.4) is 0 Å². The molecule has 1 aliphatic carbocycles. The molecule has 0 aromatic heterocycles. The van der Waals surface area contributed by atoms with Crippen molar-refractivity contribution in [2.45, 2.75) is 51.2 Å². The lowest BCUT2D eigenvalue weighted by atomic mass is 10.0. The summed E-state index contributed by atoms with van der Waals surface area (Å²) in [4.78, 5) is 14.3. The van der Waals surface area contributed by atoms with Gasteiger partial charge in [-0.25, -0.2) is 0 Å². The average Bonchev–Trinajstić information content (AvgIpc) is 2.99. The molecule has 3 N–H and O–H groups in total. The first kappa shape index (κ1) is 18.0. The summed E-state index contributed by atoms with van der Waals surface area (Å²) in [5.74, 6) is 0.221. The molecule has 1 heterocycles. The number of nitrogens with one attached hydrogen (secondary N) is 1. The smallest absolute Gasteiger partial charge is 0.237 e. The van der Waals surface area contributed by atoms with Crippen LogP contribution in [-0.2, 0) is 4.79 Å². The minimum atomic E-state index is -0.366. The summed E-state index contributed by atoms with van der Waals surface area (Å²) in [6, 6.07) is 0.758. The molecule has 18 heavy (non-hydrogen) atoms. The van der Waals surface area contributed by atoms with E-state index in [0.29, 0.717) is 6.04 Å². The van der Waals surface area contributed by atoms with E-state index < -0.39 is 0 Å². The van der Waals surface area contributed by atoms with Crippen LogP contribution in [0.15, 0.2) is 0 Å². The van der Waals surface area contributed by atoms with Gasteiger partial charge in [0.1, 0.15) is 0 Å². The van der Waals surface area contributed by atoms with Gasteiger partial charge in [-0.05, 0) is 25.2 Å². The van der Waals surface area contributed by atoms with E-state index in [-0.39, 0.29) is 42.7 Å². The third kappa shape index (κ3) is 4.57. The first-order valence-electron chi connectivity index (χ1n) is 6.38. The van der Waals surface area contributed by atoms with Gasteiger partial charge in [0.2, 0.25) is 5.91 Å². The minimum absolute atomic E-state index is 0. The number of halogens is 2. The molecule has 0 bridgehead atoms. The molecule has 1 amide bonds. The Morgan fingerprint density at radius 1 is 1.28 bits per heavy atom. The standard InChI is InChI=1S/C12H23N3O.2ClH/c1-8(2)11(13)12(16)14-9-5-6-15(7-9)10-3-4-10;;/h8-11H,3-7,13H2,1-2H3,(H,14,16);2*1H. The van der Waals surface area contributed by atoms with Crippen molar-refractivity contribution in [3.8, 4) is 0 Å². The van der Waals surface area contributed by atoms with Gasteiger partial charge < -0.3 is 11.1 Å². The molecule has 1 saturated carbocycles. The summed E-state index contributed by atoms with van der Waals surface area (Å²) in [7, 11) is 0. The van der Waals surface area contributed by atoms with Crippen molar-refractivity contribution in [3.63, 3.8) is 0 Å². The Bertz CT molecular complexity index is 272. The van der Waals surface area contributed by atoms with Crippen LogP contribution in [0.25, 0.3) is 0 Å². The fourth-order valence-corrected chi connectivity index (χ4v) is 2.28. The lowest BCUT2D eigenvalue weighted by molar-refractivity contribution is -0.123. The van der Waals surface area contributed by atoms with Crippen molar-refractivity contribution in [2.24, 2.45) is 11.7 Å². The van der Waals surface area contributed by atoms with Crippen LogP contribution in [-0.4, -0.2) is 42.0 Å². The molecule has 2 aliphatic rings. The number of carbonyl (C=O) groups is 1. The number of hydrogen-bond acceptors (Lipinski definition) is 3. The lowest BCUT2D eigenvalue weighted by Crippen LogP contribution is -2.48. The molecule has 6 heteroatoms. The van der Waals surface area contributed by atoms with Crippen LogP contribution in [0, 0.1) is 5.92 Å². The lowest BCUT2D eigenvalue weighted by Gasteiger charge is -2.19. The highest BCUT2D eigenvalue weighted by Gasteiger charge is 2.35. The quantitative estimate of drug-likeness (QED) is 0.819. The molecular formula is C12H25Cl2N3O. The number of carbonyl (C=O) groups excluding carboxylic acids is 1. The topological polar surface area (TPSA) is 58.4 Å². The van der Waals surface area contributed by atoms with Gasteiger partial charge in [0, 0.05) is 25.2 Å². The van der Waals surface area contributed by atoms with Gasteiger partial charge in [-0.15, -0.1) is 24.8 Å². The second kappa shape index (κ2) is 7.53. The molecule has 0 aromatic carbocycles. The van der Waals surface area contributed by atoms with Crippen LogP contribution in [0.5, 0.6) is 0 Å². The van der Waals surface area contributed by atoms with Gasteiger partial charge in [0.15, 0.2) is 0 Å². The number of rotatable bonds is 4. The highest BCUT2D eigenvalue weighted by molar-refractivity contribution is 5.85. The van der Waals surface area contributed by atoms with Gasteiger partial charge in [-0.3, -0.25) is 9.69 Å². The van der Waals surface area contributed by atoms with E-state index in [2.05, 4.69) is 10.2 Å². The molecule has 4 nitrogen and oxygen atoms in total. The molecule has 108 valence electrons. The maximum Gasteiger partial charge on any atom is 0.237 e. The molecule has 1 saturated heterocycles. The summed E-state index contributed by atoms with van der Waals surface area (Å²) in [6.45, 7) is 6.11. The summed E-state index contributed by atoms with van der Waals surface area (Å²) in [5, 5.41) is 3.07. The molecule has 0 aromatic rings. The molecule has 0 spiro atoms. The molecule has 2 rings (SSSR count). The predicted octanol–water partition coefficient (Wildman–Crippen LogP) is 1.17. The zero-order valence-electron chi connectivity index (χ0n) is 11.1. The van der Waals surface area contributed by atoms with Crippen molar-refractivity contribution in [2.75, 3.05) is 13.1 Å². The third-order valence-corrected chi connectivity index (χ3v) is 3.65. The normalized spacial score (nSPS) is 25.2. The van der Waals surface area contributed by atoms with Crippen LogP contribution < -0.4 is 11.1 Å². The molecule has 1 aliphatic heterocycles. The summed E-state index contributed by atoms with van der Waals surface area (Å²) >= 11 is 0. The number of nitrogens with two attached hydrogens (primary N) is 1. The Kier molecular flexibility index (Phi) is 7.52. The average molecular weight is 298 g/mol. The SMILES string of the molecule is CC(C)C(N)C(=O)NC1CCN(C2CC2)C1.Cl.Cl. The van der Waals surface area contributed by atoms with Gasteiger partial charge in [0.25, 0.3) is 0 Å². The van der Waals surface area contributed by atoms with Gasteiger partial charge in [-0.2, -0.15) is 0 Å². The highest BCUT2D eigenvalue weighted by Crippen LogP contribution is 2.29. The Hall–Kier alpha value is -0.0300. The maximum atomic E-state index is 11.8. The van der Waals surface area contributed by atoms with E-state index in [1.807, 2.05) is 13.8 Å². The molecule has 0 radical (unpaired) electrons. The molecule has 2 atom stereocenters. The van der Waals surface area contributed by atoms with E-state index in [4.69, 9.17) is 5.73 Å². The second-order valence-electron chi connectivity index (χ2n) is 5.49. The van der Waals surface area contributed by atoms with Crippen molar-refractivity contribution in [1.82, 2.24) is 10.2 Å². The zero-order valence-corrected chi connectivity index (χ0v) is 12.7. The number of likely N-dealkylation sites (tertiary alicyclic amines) is 1.